The van der Waals surface area contributed by atoms with E-state index in [1.54, 1.807) is 6.20 Å². The first-order chi connectivity index (χ1) is 15.5. The number of carbonyl (C=O) groups is 1. The second-order valence-electron chi connectivity index (χ2n) is 9.21. The van der Waals surface area contributed by atoms with Crippen molar-refractivity contribution in [3.05, 3.63) is 59.8 Å². The van der Waals surface area contributed by atoms with Crippen molar-refractivity contribution in [3.63, 3.8) is 0 Å². The summed E-state index contributed by atoms with van der Waals surface area (Å²) in [7, 11) is 0. The third kappa shape index (κ3) is 5.13. The van der Waals surface area contributed by atoms with Gasteiger partial charge in [0, 0.05) is 44.8 Å². The van der Waals surface area contributed by atoms with Gasteiger partial charge in [0.15, 0.2) is 0 Å². The van der Waals surface area contributed by atoms with Crippen molar-refractivity contribution in [2.24, 2.45) is 0 Å². The lowest BCUT2D eigenvalue weighted by Gasteiger charge is -2.48. The smallest absolute Gasteiger partial charge is 0.257 e. The number of nitrogens with zero attached hydrogens (tertiary/aromatic N) is 2. The van der Waals surface area contributed by atoms with Crippen LogP contribution >= 0.6 is 0 Å². The molecular formula is C26H35N3O3. The maximum atomic E-state index is 13.3. The van der Waals surface area contributed by atoms with Gasteiger partial charge in [0.1, 0.15) is 5.82 Å². The van der Waals surface area contributed by atoms with Crippen LogP contribution in [0.25, 0.3) is 0 Å². The fraction of sp³-hybridized carbons (Fsp3) is 0.538. The highest BCUT2D eigenvalue weighted by Crippen LogP contribution is 2.44. The lowest BCUT2D eigenvalue weighted by Crippen LogP contribution is -2.52. The minimum atomic E-state index is -0.247. The molecular weight excluding hydrogens is 402 g/mol. The second-order valence-corrected chi connectivity index (χ2v) is 9.21. The van der Waals surface area contributed by atoms with E-state index in [9.17, 15) is 4.79 Å². The van der Waals surface area contributed by atoms with E-state index in [2.05, 4.69) is 41.5 Å². The molecule has 4 rings (SSSR count). The zero-order chi connectivity index (χ0) is 22.6. The van der Waals surface area contributed by atoms with E-state index >= 15 is 0 Å². The van der Waals surface area contributed by atoms with E-state index in [1.807, 2.05) is 36.9 Å². The average Bonchev–Trinajstić information content (AvgIpc) is 2.80. The first-order valence-corrected chi connectivity index (χ1v) is 11.8. The highest BCUT2D eigenvalue weighted by molar-refractivity contribution is 5.98. The number of hydrogen-bond donors (Lipinski definition) is 1. The van der Waals surface area contributed by atoms with Crippen LogP contribution in [0.2, 0.25) is 0 Å². The third-order valence-corrected chi connectivity index (χ3v) is 6.47. The standard InChI is InChI=1S/C26H35N3O3/c1-4-31-21-17-23(20-9-6-5-7-10-20)32-26(18-21)12-15-29(16-13-26)25(30)22-11-8-14-27-24(22)28-19(2)3/h5-11,14,19,21,23H,4,12-13,15-18H2,1-3H3,(H,27,28)/t21-,23-/m0/s1. The molecule has 0 aliphatic carbocycles. The maximum absolute atomic E-state index is 13.3. The van der Waals surface area contributed by atoms with Gasteiger partial charge in [0.25, 0.3) is 5.91 Å². The van der Waals surface area contributed by atoms with Gasteiger partial charge in [0.05, 0.1) is 23.4 Å². The molecule has 2 aliphatic rings. The van der Waals surface area contributed by atoms with Crippen molar-refractivity contribution in [1.29, 1.82) is 0 Å². The number of anilines is 1. The molecule has 2 aliphatic heterocycles. The molecule has 1 spiro atoms. The van der Waals surface area contributed by atoms with Crippen molar-refractivity contribution in [2.45, 2.75) is 70.3 Å². The van der Waals surface area contributed by atoms with E-state index in [-0.39, 0.29) is 29.8 Å². The molecule has 6 nitrogen and oxygen atoms in total. The topological polar surface area (TPSA) is 63.7 Å². The number of aromatic nitrogens is 1. The van der Waals surface area contributed by atoms with Crippen LogP contribution in [0.3, 0.4) is 0 Å². The number of carbonyl (C=O) groups excluding carboxylic acids is 1. The van der Waals surface area contributed by atoms with Crippen molar-refractivity contribution in [2.75, 3.05) is 25.0 Å². The zero-order valence-corrected chi connectivity index (χ0v) is 19.4. The van der Waals surface area contributed by atoms with Gasteiger partial charge in [-0.05, 0) is 51.3 Å². The Bertz CT molecular complexity index is 894. The van der Waals surface area contributed by atoms with Gasteiger partial charge < -0.3 is 19.7 Å². The molecule has 0 unspecified atom stereocenters. The number of rotatable bonds is 6. The Hall–Kier alpha value is -2.44. The number of ether oxygens (including phenoxy) is 2. The minimum absolute atomic E-state index is 0.0314. The summed E-state index contributed by atoms with van der Waals surface area (Å²) in [5, 5.41) is 3.29. The van der Waals surface area contributed by atoms with Crippen LogP contribution in [-0.4, -0.2) is 53.2 Å². The number of likely N-dealkylation sites (tertiary alicyclic amines) is 1. The summed E-state index contributed by atoms with van der Waals surface area (Å²) in [5.41, 5.74) is 1.59. The van der Waals surface area contributed by atoms with Gasteiger partial charge >= 0.3 is 0 Å². The molecule has 0 bridgehead atoms. The van der Waals surface area contributed by atoms with Crippen molar-refractivity contribution >= 4 is 11.7 Å². The first kappa shape index (κ1) is 22.7. The number of pyridine rings is 1. The summed E-state index contributed by atoms with van der Waals surface area (Å²) in [6.07, 6.45) is 5.34. The van der Waals surface area contributed by atoms with Crippen LogP contribution in [0, 0.1) is 0 Å². The Kier molecular flexibility index (Phi) is 7.11. The quantitative estimate of drug-likeness (QED) is 0.701. The monoisotopic (exact) mass is 437 g/mol. The fourth-order valence-electron chi connectivity index (χ4n) is 4.95. The maximum Gasteiger partial charge on any atom is 0.257 e. The molecule has 2 saturated heterocycles. The number of amides is 1. The molecule has 2 atom stereocenters. The van der Waals surface area contributed by atoms with E-state index < -0.39 is 0 Å². The number of hydrogen-bond acceptors (Lipinski definition) is 5. The lowest BCUT2D eigenvalue weighted by atomic mass is 9.80. The Morgan fingerprint density at radius 3 is 2.66 bits per heavy atom. The fourth-order valence-corrected chi connectivity index (χ4v) is 4.95. The molecule has 2 aromatic rings. The van der Waals surface area contributed by atoms with E-state index in [4.69, 9.17) is 9.47 Å². The molecule has 0 radical (unpaired) electrons. The molecule has 0 saturated carbocycles. The summed E-state index contributed by atoms with van der Waals surface area (Å²) < 4.78 is 12.8. The first-order valence-electron chi connectivity index (χ1n) is 11.8. The van der Waals surface area contributed by atoms with Gasteiger partial charge in [-0.1, -0.05) is 30.3 Å². The summed E-state index contributed by atoms with van der Waals surface area (Å²) in [5.74, 6) is 0.690. The van der Waals surface area contributed by atoms with Crippen LogP contribution in [-0.2, 0) is 9.47 Å². The van der Waals surface area contributed by atoms with Crippen molar-refractivity contribution in [1.82, 2.24) is 9.88 Å². The minimum Gasteiger partial charge on any atom is -0.378 e. The van der Waals surface area contributed by atoms with Crippen molar-refractivity contribution in [3.8, 4) is 0 Å². The summed E-state index contributed by atoms with van der Waals surface area (Å²) in [6, 6.07) is 14.3. The normalized spacial score (nSPS) is 22.8. The number of benzene rings is 1. The molecule has 1 aromatic carbocycles. The lowest BCUT2D eigenvalue weighted by molar-refractivity contribution is -0.190. The van der Waals surface area contributed by atoms with Crippen LogP contribution in [0.1, 0.15) is 68.5 Å². The van der Waals surface area contributed by atoms with Gasteiger partial charge in [-0.3, -0.25) is 4.79 Å². The van der Waals surface area contributed by atoms with Crippen LogP contribution < -0.4 is 5.32 Å². The summed E-state index contributed by atoms with van der Waals surface area (Å²) >= 11 is 0. The van der Waals surface area contributed by atoms with Gasteiger partial charge in [-0.2, -0.15) is 0 Å². The molecule has 1 amide bonds. The Morgan fingerprint density at radius 1 is 1.22 bits per heavy atom. The summed E-state index contributed by atoms with van der Waals surface area (Å²) in [6.45, 7) is 8.21. The molecule has 1 N–H and O–H groups in total. The predicted octanol–water partition coefficient (Wildman–Crippen LogP) is 4.83. The van der Waals surface area contributed by atoms with E-state index in [0.29, 0.717) is 31.1 Å². The zero-order valence-electron chi connectivity index (χ0n) is 19.4. The van der Waals surface area contributed by atoms with Crippen LogP contribution in [0.5, 0.6) is 0 Å². The highest BCUT2D eigenvalue weighted by atomic mass is 16.5. The average molecular weight is 438 g/mol. The van der Waals surface area contributed by atoms with Crippen molar-refractivity contribution < 1.29 is 14.3 Å². The Balaban J connectivity index is 1.47. The Labute approximate surface area is 191 Å². The highest BCUT2D eigenvalue weighted by Gasteiger charge is 2.45. The second kappa shape index (κ2) is 10.0. The molecule has 3 heterocycles. The predicted molar refractivity (Wildman–Crippen MR) is 126 cm³/mol. The van der Waals surface area contributed by atoms with Crippen LogP contribution in [0.15, 0.2) is 48.7 Å². The largest absolute Gasteiger partial charge is 0.378 e. The Morgan fingerprint density at radius 2 is 1.97 bits per heavy atom. The van der Waals surface area contributed by atoms with E-state index in [0.717, 1.165) is 25.7 Å². The van der Waals surface area contributed by atoms with Crippen LogP contribution in [0.4, 0.5) is 5.82 Å². The molecule has 1 aromatic heterocycles. The van der Waals surface area contributed by atoms with Gasteiger partial charge in [-0.15, -0.1) is 0 Å². The molecule has 2 fully saturated rings. The molecule has 6 heteroatoms. The van der Waals surface area contributed by atoms with E-state index in [1.165, 1.54) is 5.56 Å². The summed E-state index contributed by atoms with van der Waals surface area (Å²) in [4.78, 5) is 19.6. The van der Waals surface area contributed by atoms with Gasteiger partial charge in [0.2, 0.25) is 0 Å². The van der Waals surface area contributed by atoms with Gasteiger partial charge in [-0.25, -0.2) is 4.98 Å². The SMILES string of the molecule is CCO[C@H]1C[C@@H](c2ccccc2)OC2(CCN(C(=O)c3cccnc3NC(C)C)CC2)C1. The molecule has 172 valence electrons. The number of nitrogens with one attached hydrogen (secondary N) is 1. The number of piperidine rings is 1. The third-order valence-electron chi connectivity index (χ3n) is 6.47. The molecule has 32 heavy (non-hydrogen) atoms.